The molecule has 1 heterocycles. The Morgan fingerprint density at radius 1 is 1.35 bits per heavy atom. The second-order valence-electron chi connectivity index (χ2n) is 5.21. The summed E-state index contributed by atoms with van der Waals surface area (Å²) < 4.78 is 10.4. The molecule has 5 nitrogen and oxygen atoms in total. The normalized spacial score (nSPS) is 22.4. The summed E-state index contributed by atoms with van der Waals surface area (Å²) in [6.07, 6.45) is 0. The number of carboxylic acid groups (broad SMARTS) is 1. The van der Waals surface area contributed by atoms with Gasteiger partial charge in [0.25, 0.3) is 0 Å². The Bertz CT molecular complexity index is 446. The maximum atomic E-state index is 11.2. The van der Waals surface area contributed by atoms with Crippen molar-refractivity contribution in [3.8, 4) is 0 Å². The topological polar surface area (TPSA) is 59.0 Å². The molecule has 0 spiro atoms. The number of carboxylic acids is 1. The molecule has 20 heavy (non-hydrogen) atoms. The van der Waals surface area contributed by atoms with Crippen LogP contribution in [0.4, 0.5) is 0 Å². The summed E-state index contributed by atoms with van der Waals surface area (Å²) in [4.78, 5) is 13.2. The molecule has 2 atom stereocenters. The van der Waals surface area contributed by atoms with Gasteiger partial charge >= 0.3 is 5.97 Å². The Labute approximate surface area is 119 Å². The fourth-order valence-corrected chi connectivity index (χ4v) is 2.53. The molecule has 0 bridgehead atoms. The van der Waals surface area contributed by atoms with Crippen molar-refractivity contribution >= 4 is 5.97 Å². The molecule has 110 valence electrons. The maximum absolute atomic E-state index is 11.2. The number of ether oxygens (including phenoxy) is 2. The summed E-state index contributed by atoms with van der Waals surface area (Å²) in [7, 11) is 3.62. The van der Waals surface area contributed by atoms with Gasteiger partial charge in [0.2, 0.25) is 0 Å². The molecule has 0 aromatic heterocycles. The first kappa shape index (κ1) is 15.0. The molecule has 1 N–H and O–H groups in total. The Kier molecular flexibility index (Phi) is 5.11. The summed E-state index contributed by atoms with van der Waals surface area (Å²) >= 11 is 0. The van der Waals surface area contributed by atoms with Gasteiger partial charge < -0.3 is 14.6 Å². The maximum Gasteiger partial charge on any atom is 0.310 e. The van der Waals surface area contributed by atoms with Crippen LogP contribution in [-0.4, -0.2) is 49.4 Å². The van der Waals surface area contributed by atoms with Crippen LogP contribution in [0.3, 0.4) is 0 Å². The number of aliphatic carboxylic acids is 1. The van der Waals surface area contributed by atoms with Gasteiger partial charge in [0, 0.05) is 19.7 Å². The van der Waals surface area contributed by atoms with Gasteiger partial charge in [0.15, 0.2) is 0 Å². The number of likely N-dealkylation sites (N-methyl/N-ethyl adjacent to an activating group) is 1. The Morgan fingerprint density at radius 2 is 2.00 bits per heavy atom. The van der Waals surface area contributed by atoms with Crippen molar-refractivity contribution in [2.75, 3.05) is 27.4 Å². The van der Waals surface area contributed by atoms with Gasteiger partial charge in [0.05, 0.1) is 25.7 Å². The van der Waals surface area contributed by atoms with Crippen molar-refractivity contribution in [3.05, 3.63) is 35.4 Å². The summed E-state index contributed by atoms with van der Waals surface area (Å²) in [6.45, 7) is 2.10. The van der Waals surface area contributed by atoms with Gasteiger partial charge in [-0.05, 0) is 18.2 Å². The van der Waals surface area contributed by atoms with Gasteiger partial charge in [-0.3, -0.25) is 9.69 Å². The number of methoxy groups -OCH3 is 1. The van der Waals surface area contributed by atoms with Gasteiger partial charge in [0.1, 0.15) is 0 Å². The van der Waals surface area contributed by atoms with Gasteiger partial charge in [-0.2, -0.15) is 0 Å². The zero-order valence-electron chi connectivity index (χ0n) is 11.9. The van der Waals surface area contributed by atoms with E-state index in [1.165, 1.54) is 0 Å². The predicted octanol–water partition coefficient (Wildman–Crippen LogP) is 1.36. The van der Waals surface area contributed by atoms with Crippen molar-refractivity contribution in [2.24, 2.45) is 5.92 Å². The molecule has 0 radical (unpaired) electrons. The molecule has 0 amide bonds. The third-order valence-electron chi connectivity index (χ3n) is 3.70. The molecular weight excluding hydrogens is 258 g/mol. The van der Waals surface area contributed by atoms with E-state index in [9.17, 15) is 9.90 Å². The van der Waals surface area contributed by atoms with Crippen LogP contribution in [0.2, 0.25) is 0 Å². The Morgan fingerprint density at radius 3 is 2.60 bits per heavy atom. The van der Waals surface area contributed by atoms with Crippen molar-refractivity contribution in [2.45, 2.75) is 19.2 Å². The van der Waals surface area contributed by atoms with E-state index in [0.29, 0.717) is 26.4 Å². The van der Waals surface area contributed by atoms with Crippen LogP contribution >= 0.6 is 0 Å². The average molecular weight is 279 g/mol. The Hall–Kier alpha value is -1.43. The van der Waals surface area contributed by atoms with Crippen molar-refractivity contribution in [3.63, 3.8) is 0 Å². The van der Waals surface area contributed by atoms with E-state index in [2.05, 4.69) is 17.0 Å². The molecule has 0 aliphatic carbocycles. The second kappa shape index (κ2) is 6.83. The van der Waals surface area contributed by atoms with Crippen LogP contribution in [0.1, 0.15) is 11.1 Å². The standard InChI is InChI=1S/C15H21NO4/c1-16(14-10-20-9-13(14)15(17)18)7-11-3-5-12(6-4-11)8-19-2/h3-6,13-14H,7-10H2,1-2H3,(H,17,18). The first-order valence-corrected chi connectivity index (χ1v) is 6.69. The SMILES string of the molecule is COCc1ccc(CN(C)C2COCC2C(=O)O)cc1. The predicted molar refractivity (Wildman–Crippen MR) is 74.4 cm³/mol. The van der Waals surface area contributed by atoms with Crippen LogP contribution < -0.4 is 0 Å². The summed E-state index contributed by atoms with van der Waals surface area (Å²) in [5.74, 6) is -1.22. The second-order valence-corrected chi connectivity index (χ2v) is 5.21. The minimum atomic E-state index is -0.783. The highest BCUT2D eigenvalue weighted by Gasteiger charge is 2.36. The van der Waals surface area contributed by atoms with Crippen LogP contribution in [0, 0.1) is 5.92 Å². The number of nitrogens with zero attached hydrogens (tertiary/aromatic N) is 1. The van der Waals surface area contributed by atoms with E-state index >= 15 is 0 Å². The number of hydrogen-bond acceptors (Lipinski definition) is 4. The lowest BCUT2D eigenvalue weighted by atomic mass is 10.0. The summed E-state index contributed by atoms with van der Waals surface area (Å²) in [6, 6.07) is 8.11. The molecule has 1 aromatic rings. The van der Waals surface area contributed by atoms with Crippen molar-refractivity contribution in [1.29, 1.82) is 0 Å². The summed E-state index contributed by atoms with van der Waals surface area (Å²) in [5.41, 5.74) is 2.29. The van der Waals surface area contributed by atoms with Crippen molar-refractivity contribution in [1.82, 2.24) is 4.90 Å². The zero-order chi connectivity index (χ0) is 14.5. The lowest BCUT2D eigenvalue weighted by molar-refractivity contribution is -0.143. The third kappa shape index (κ3) is 3.56. The van der Waals surface area contributed by atoms with Crippen LogP contribution in [0.25, 0.3) is 0 Å². The van der Waals surface area contributed by atoms with Crippen LogP contribution in [0.5, 0.6) is 0 Å². The van der Waals surface area contributed by atoms with Gasteiger partial charge in [-0.25, -0.2) is 0 Å². The highest BCUT2D eigenvalue weighted by Crippen LogP contribution is 2.20. The quantitative estimate of drug-likeness (QED) is 0.852. The van der Waals surface area contributed by atoms with E-state index in [-0.39, 0.29) is 6.04 Å². The molecule has 1 aliphatic rings. The lowest BCUT2D eigenvalue weighted by Gasteiger charge is -2.26. The fourth-order valence-electron chi connectivity index (χ4n) is 2.53. The van der Waals surface area contributed by atoms with Crippen LogP contribution in [-0.2, 0) is 27.4 Å². The number of rotatable bonds is 6. The molecule has 0 saturated carbocycles. The third-order valence-corrected chi connectivity index (χ3v) is 3.70. The molecule has 2 unspecified atom stereocenters. The molecule has 1 saturated heterocycles. The van der Waals surface area contributed by atoms with Crippen molar-refractivity contribution < 1.29 is 19.4 Å². The zero-order valence-corrected chi connectivity index (χ0v) is 11.9. The molecule has 1 aliphatic heterocycles. The first-order valence-electron chi connectivity index (χ1n) is 6.69. The van der Waals surface area contributed by atoms with E-state index in [1.807, 2.05) is 19.2 Å². The highest BCUT2D eigenvalue weighted by molar-refractivity contribution is 5.71. The largest absolute Gasteiger partial charge is 0.481 e. The first-order chi connectivity index (χ1) is 9.61. The number of benzene rings is 1. The fraction of sp³-hybridized carbons (Fsp3) is 0.533. The van der Waals surface area contributed by atoms with E-state index in [1.54, 1.807) is 7.11 Å². The van der Waals surface area contributed by atoms with E-state index in [4.69, 9.17) is 9.47 Å². The molecule has 1 aromatic carbocycles. The monoisotopic (exact) mass is 279 g/mol. The smallest absolute Gasteiger partial charge is 0.310 e. The van der Waals surface area contributed by atoms with Gasteiger partial charge in [-0.15, -0.1) is 0 Å². The summed E-state index contributed by atoms with van der Waals surface area (Å²) in [5, 5.41) is 9.17. The lowest BCUT2D eigenvalue weighted by Crippen LogP contribution is -2.40. The molecular formula is C15H21NO4. The molecule has 2 rings (SSSR count). The number of carbonyl (C=O) groups is 1. The molecule has 5 heteroatoms. The Balaban J connectivity index is 1.96. The van der Waals surface area contributed by atoms with E-state index in [0.717, 1.165) is 11.1 Å². The molecule has 1 fully saturated rings. The van der Waals surface area contributed by atoms with E-state index < -0.39 is 11.9 Å². The minimum Gasteiger partial charge on any atom is -0.481 e. The number of hydrogen-bond donors (Lipinski definition) is 1. The highest BCUT2D eigenvalue weighted by atomic mass is 16.5. The minimum absolute atomic E-state index is 0.0637. The van der Waals surface area contributed by atoms with Gasteiger partial charge in [-0.1, -0.05) is 24.3 Å². The van der Waals surface area contributed by atoms with Crippen LogP contribution in [0.15, 0.2) is 24.3 Å². The average Bonchev–Trinajstić information content (AvgIpc) is 2.91.